The Labute approximate surface area is 694 Å². The number of ether oxygens (including phenoxy) is 6. The van der Waals surface area contributed by atoms with Gasteiger partial charge in [0, 0.05) is 36.3 Å². The van der Waals surface area contributed by atoms with Gasteiger partial charge in [0.05, 0.1) is 19.8 Å². The minimum atomic E-state index is -0.460. The normalized spacial score (nSPS) is 11.6. The first kappa shape index (κ1) is 80.0. The van der Waals surface area contributed by atoms with Gasteiger partial charge < -0.3 is 28.4 Å². The van der Waals surface area contributed by atoms with Crippen molar-refractivity contribution in [3.05, 3.63) is 235 Å². The fourth-order valence-corrected chi connectivity index (χ4v) is 16.7. The average molecular weight is 1530 g/mol. The molecule has 0 spiro atoms. The summed E-state index contributed by atoms with van der Waals surface area (Å²) in [6.45, 7) is 13.1. The molecule has 0 N–H and O–H groups in total. The zero-order valence-corrected chi connectivity index (χ0v) is 68.3. The molecule has 0 aliphatic rings. The van der Waals surface area contributed by atoms with E-state index >= 15 is 0 Å². The molecule has 0 amide bonds. The summed E-state index contributed by atoms with van der Waals surface area (Å²) in [7, 11) is 1.73. The van der Waals surface area contributed by atoms with Crippen LogP contribution in [0.1, 0.15) is 184 Å². The summed E-state index contributed by atoms with van der Waals surface area (Å²) >= 11 is 0. The van der Waals surface area contributed by atoms with Gasteiger partial charge in [0.1, 0.15) is 41.5 Å². The second-order valence-electron chi connectivity index (χ2n) is 31.2. The van der Waals surface area contributed by atoms with Crippen molar-refractivity contribution in [2.24, 2.45) is 0 Å². The number of benzene rings is 14. The monoisotopic (exact) mass is 1530 g/mol. The number of unbranched alkanes of at least 4 members (excludes halogenated alkanes) is 16. The first-order valence-corrected chi connectivity index (χ1v) is 42.5. The van der Waals surface area contributed by atoms with Gasteiger partial charge in [0.15, 0.2) is 6.10 Å². The molecule has 0 aliphatic heterocycles. The highest BCUT2D eigenvalue weighted by atomic mass is 16.6. The number of fused-ring (bicyclic) bond motifs is 8. The lowest BCUT2D eigenvalue weighted by Gasteiger charge is -2.22. The van der Waals surface area contributed by atoms with E-state index in [9.17, 15) is 0 Å². The minimum absolute atomic E-state index is 0. The maximum Gasteiger partial charge on any atom is 0.156 e. The standard InChI is InChI=1S/C109H108O6.8H2/c1-8-13-18-23-26-31-60-111-93-53-57-99-102(71-93)106(88-46-42-80-63-77(6)36-39-83(80)66-88)98-56-52-94(112-61-32-27-24-19-14-9-2)72-103(98)107(99)91-49-45-87-70-92(51-50-86(87)69-91)114-76-97(75-110-7)115-96-55-59-101-105(74-96)109(90-48-44-82-65-79(35-30-22-17-12-5)38-41-85(82)68-90)100-58-54-95(113-62-33-28-25-20-15-10-3)73-104(100)108(101)89-47-43-81-64-78(34-29-21-16-11-4)37-40-84(81)67-89;;;;;;;;/h1,36-59,63-74,97H,9-12,14-17,19-22,24-25,27-30,32-35,61-62,75-76H2,2-7H3;8*1H. The molecule has 0 bridgehead atoms. The number of aryl methyl sites for hydroxylation is 3. The number of hydrogen-bond acceptors (Lipinski definition) is 6. The quantitative estimate of drug-likeness (QED) is 0.0218. The summed E-state index contributed by atoms with van der Waals surface area (Å²) in [5, 5.41) is 18.2. The Morgan fingerprint density at radius 3 is 1.14 bits per heavy atom. The van der Waals surface area contributed by atoms with Gasteiger partial charge in [-0.1, -0.05) is 263 Å². The number of hydrogen-bond donors (Lipinski definition) is 0. The van der Waals surface area contributed by atoms with Crippen molar-refractivity contribution >= 4 is 86.2 Å². The summed E-state index contributed by atoms with van der Waals surface area (Å²) in [5.41, 5.74) is 13.0. The van der Waals surface area contributed by atoms with Crippen LogP contribution >= 0.6 is 0 Å². The fourth-order valence-electron chi connectivity index (χ4n) is 16.7. The molecule has 0 heterocycles. The molecule has 596 valence electrons. The number of methoxy groups -OCH3 is 1. The third-order valence-corrected chi connectivity index (χ3v) is 22.7. The van der Waals surface area contributed by atoms with E-state index in [4.69, 9.17) is 34.8 Å². The fraction of sp³-hybridized carbons (Fsp3) is 0.303. The van der Waals surface area contributed by atoms with Crippen LogP contribution in [0, 0.1) is 55.0 Å². The van der Waals surface area contributed by atoms with Gasteiger partial charge in [-0.05, 0) is 296 Å². The van der Waals surface area contributed by atoms with Gasteiger partial charge in [0.2, 0.25) is 0 Å². The largest absolute Gasteiger partial charge is 0.494 e. The van der Waals surface area contributed by atoms with Crippen LogP contribution < -0.4 is 23.7 Å². The van der Waals surface area contributed by atoms with Crippen LogP contribution in [0.4, 0.5) is 0 Å². The maximum absolute atomic E-state index is 7.15. The van der Waals surface area contributed by atoms with E-state index in [-0.39, 0.29) is 18.0 Å². The van der Waals surface area contributed by atoms with Crippen molar-refractivity contribution in [1.29, 1.82) is 0 Å². The molecule has 6 heteroatoms. The Kier molecular flexibility index (Phi) is 27.7. The lowest BCUT2D eigenvalue weighted by Crippen LogP contribution is -2.29. The molecule has 0 saturated carbocycles. The predicted octanol–water partition coefficient (Wildman–Crippen LogP) is 31.0. The van der Waals surface area contributed by atoms with Gasteiger partial charge >= 0.3 is 0 Å². The summed E-state index contributed by atoms with van der Waals surface area (Å²) in [5.74, 6) is 19.4. The zero-order valence-electron chi connectivity index (χ0n) is 68.3. The van der Waals surface area contributed by atoms with Crippen molar-refractivity contribution in [2.45, 2.75) is 182 Å². The highest BCUT2D eigenvalue weighted by molar-refractivity contribution is 6.24. The summed E-state index contributed by atoms with van der Waals surface area (Å²) in [4.78, 5) is 0. The molecule has 0 radical (unpaired) electrons. The van der Waals surface area contributed by atoms with Crippen molar-refractivity contribution in [3.63, 3.8) is 0 Å². The predicted molar refractivity (Wildman–Crippen MR) is 504 cm³/mol. The first-order valence-electron chi connectivity index (χ1n) is 42.5. The SMILES string of the molecule is C#CC#CC#CC#COc1ccc2c(-c3ccc4cc(OCC(COC)Oc5ccc6c(-c7ccc8cc(CCCCCC)ccc8c7)c7cc(OCCCCCCCC)ccc7c(-c7ccc8cc(CCCCCC)ccc8c7)c6c5)ccc4c3)c3cc(OCCCCCCCC)ccc3c(-c3ccc4cc(C)ccc4c3)c2c1.[HH].[HH].[HH].[HH].[HH].[HH].[HH].[HH]. The molecule has 0 aromatic heterocycles. The van der Waals surface area contributed by atoms with E-state index in [0.29, 0.717) is 25.6 Å². The van der Waals surface area contributed by atoms with Crippen molar-refractivity contribution < 1.29 is 39.8 Å². The Morgan fingerprint density at radius 1 is 0.304 bits per heavy atom. The van der Waals surface area contributed by atoms with Crippen LogP contribution in [-0.4, -0.2) is 39.6 Å². The van der Waals surface area contributed by atoms with Gasteiger partial charge in [-0.3, -0.25) is 0 Å². The molecule has 14 rings (SSSR count). The van der Waals surface area contributed by atoms with E-state index in [0.717, 1.165) is 153 Å². The maximum atomic E-state index is 7.15. The molecular weight excluding hydrogens is 1410 g/mol. The van der Waals surface area contributed by atoms with Gasteiger partial charge in [-0.25, -0.2) is 0 Å². The lowest BCUT2D eigenvalue weighted by molar-refractivity contribution is 0.0486. The van der Waals surface area contributed by atoms with E-state index in [2.05, 4.69) is 289 Å². The van der Waals surface area contributed by atoms with Crippen LogP contribution in [0.2, 0.25) is 0 Å². The van der Waals surface area contributed by atoms with Crippen LogP contribution in [0.15, 0.2) is 218 Å². The number of rotatable bonds is 38. The smallest absolute Gasteiger partial charge is 0.156 e. The molecule has 1 atom stereocenters. The lowest BCUT2D eigenvalue weighted by atomic mass is 9.85. The van der Waals surface area contributed by atoms with Gasteiger partial charge in [0.25, 0.3) is 0 Å². The van der Waals surface area contributed by atoms with Crippen molar-refractivity contribution in [3.8, 4) is 121 Å². The summed E-state index contributed by atoms with van der Waals surface area (Å²) in [6.07, 6.45) is 34.1. The Bertz CT molecular complexity index is 6080. The second kappa shape index (κ2) is 39.9. The van der Waals surface area contributed by atoms with E-state index in [1.165, 1.54) is 158 Å². The van der Waals surface area contributed by atoms with E-state index in [1.807, 2.05) is 6.07 Å². The molecule has 14 aromatic carbocycles. The molecule has 0 aliphatic carbocycles. The number of terminal acetylenes is 1. The Balaban J connectivity index is 0.00000293. The Hall–Kier alpha value is -11.6. The third kappa shape index (κ3) is 19.9. The van der Waals surface area contributed by atoms with Gasteiger partial charge in [-0.2, -0.15) is 0 Å². The highest BCUT2D eigenvalue weighted by Gasteiger charge is 2.24. The van der Waals surface area contributed by atoms with Crippen LogP contribution in [0.25, 0.3) is 131 Å². The molecule has 0 saturated heterocycles. The first-order chi connectivity index (χ1) is 56.7. The van der Waals surface area contributed by atoms with Crippen LogP contribution in [-0.2, 0) is 17.6 Å². The second-order valence-corrected chi connectivity index (χ2v) is 31.2. The van der Waals surface area contributed by atoms with Crippen molar-refractivity contribution in [1.82, 2.24) is 0 Å². The molecule has 0 fully saturated rings. The average Bonchev–Trinajstić information content (AvgIpc) is 0.729. The highest BCUT2D eigenvalue weighted by Crippen LogP contribution is 2.50. The van der Waals surface area contributed by atoms with Crippen LogP contribution in [0.5, 0.6) is 28.7 Å². The minimum Gasteiger partial charge on any atom is -0.494 e. The molecular formula is C109H124O6. The molecule has 6 nitrogen and oxygen atoms in total. The molecule has 14 aromatic rings. The molecule has 115 heavy (non-hydrogen) atoms. The third-order valence-electron chi connectivity index (χ3n) is 22.7. The van der Waals surface area contributed by atoms with Gasteiger partial charge in [-0.15, -0.1) is 6.42 Å². The Morgan fingerprint density at radius 2 is 0.661 bits per heavy atom. The van der Waals surface area contributed by atoms with Crippen LogP contribution in [0.3, 0.4) is 0 Å². The van der Waals surface area contributed by atoms with E-state index < -0.39 is 6.10 Å². The molecule has 1 unspecified atom stereocenters. The summed E-state index contributed by atoms with van der Waals surface area (Å²) in [6, 6.07) is 81.1. The van der Waals surface area contributed by atoms with Crippen molar-refractivity contribution in [2.75, 3.05) is 33.5 Å². The summed E-state index contributed by atoms with van der Waals surface area (Å²) < 4.78 is 39.5. The topological polar surface area (TPSA) is 55.4 Å². The zero-order chi connectivity index (χ0) is 79.1. The van der Waals surface area contributed by atoms with E-state index in [1.54, 1.807) is 7.11 Å².